The zero-order valence-electron chi connectivity index (χ0n) is 14.4. The van der Waals surface area contributed by atoms with Crippen LogP contribution in [-0.2, 0) is 19.5 Å². The molecule has 2 aromatic heterocycles. The lowest BCUT2D eigenvalue weighted by molar-refractivity contribution is 0.572. The van der Waals surface area contributed by atoms with Crippen molar-refractivity contribution in [3.63, 3.8) is 0 Å². The standard InChI is InChI=1S/C18H20F2N4S/c1-4-18-22-14(10-25-18)8-21-9-15-11(2)23-24(12(15)3)17-6-5-13(19)7-16(17)20/h5-7,10,21H,4,8-9H2,1-3H3. The van der Waals surface area contributed by atoms with Gasteiger partial charge in [0.2, 0.25) is 0 Å². The van der Waals surface area contributed by atoms with Gasteiger partial charge in [0.25, 0.3) is 0 Å². The van der Waals surface area contributed by atoms with E-state index in [0.717, 1.165) is 40.1 Å². The maximum absolute atomic E-state index is 14.0. The molecule has 0 unspecified atom stereocenters. The molecular weight excluding hydrogens is 342 g/mol. The van der Waals surface area contributed by atoms with Crippen LogP contribution >= 0.6 is 11.3 Å². The first-order chi connectivity index (χ1) is 12.0. The summed E-state index contributed by atoms with van der Waals surface area (Å²) in [6.45, 7) is 7.15. The molecule has 0 atom stereocenters. The minimum Gasteiger partial charge on any atom is -0.307 e. The quantitative estimate of drug-likeness (QED) is 0.719. The monoisotopic (exact) mass is 362 g/mol. The zero-order valence-corrected chi connectivity index (χ0v) is 15.3. The minimum absolute atomic E-state index is 0.250. The van der Waals surface area contributed by atoms with Crippen molar-refractivity contribution >= 4 is 11.3 Å². The Morgan fingerprint density at radius 3 is 2.68 bits per heavy atom. The average molecular weight is 362 g/mol. The van der Waals surface area contributed by atoms with Gasteiger partial charge in [-0.25, -0.2) is 18.4 Å². The topological polar surface area (TPSA) is 42.7 Å². The number of benzene rings is 1. The highest BCUT2D eigenvalue weighted by Gasteiger charge is 2.15. The van der Waals surface area contributed by atoms with E-state index in [0.29, 0.717) is 13.1 Å². The summed E-state index contributed by atoms with van der Waals surface area (Å²) >= 11 is 1.67. The van der Waals surface area contributed by atoms with Crippen molar-refractivity contribution in [2.75, 3.05) is 0 Å². The van der Waals surface area contributed by atoms with Gasteiger partial charge in [0.05, 0.1) is 16.4 Å². The number of halogens is 2. The maximum Gasteiger partial charge on any atom is 0.151 e. The maximum atomic E-state index is 14.0. The van der Waals surface area contributed by atoms with E-state index in [1.807, 2.05) is 13.8 Å². The van der Waals surface area contributed by atoms with Crippen LogP contribution in [0.5, 0.6) is 0 Å². The van der Waals surface area contributed by atoms with E-state index in [9.17, 15) is 8.78 Å². The summed E-state index contributed by atoms with van der Waals surface area (Å²) < 4.78 is 28.7. The first kappa shape index (κ1) is 17.7. The first-order valence-corrected chi connectivity index (χ1v) is 9.02. The highest BCUT2D eigenvalue weighted by atomic mass is 32.1. The molecule has 3 rings (SSSR count). The normalized spacial score (nSPS) is 11.2. The number of nitrogens with zero attached hydrogens (tertiary/aromatic N) is 3. The van der Waals surface area contributed by atoms with Crippen LogP contribution in [-0.4, -0.2) is 14.8 Å². The Kier molecular flexibility index (Phi) is 5.24. The van der Waals surface area contributed by atoms with Crippen LogP contribution in [0.3, 0.4) is 0 Å². The van der Waals surface area contributed by atoms with Crippen molar-refractivity contribution in [3.8, 4) is 5.69 Å². The molecule has 0 radical (unpaired) electrons. The molecule has 0 spiro atoms. The number of rotatable bonds is 6. The summed E-state index contributed by atoms with van der Waals surface area (Å²) in [7, 11) is 0. The van der Waals surface area contributed by atoms with Crippen molar-refractivity contribution in [2.24, 2.45) is 0 Å². The Labute approximate surface area is 149 Å². The Hall–Kier alpha value is -2.12. The molecule has 1 aromatic carbocycles. The van der Waals surface area contributed by atoms with Crippen molar-refractivity contribution in [2.45, 2.75) is 40.3 Å². The summed E-state index contributed by atoms with van der Waals surface area (Å²) in [5.41, 5.74) is 3.94. The molecule has 0 fully saturated rings. The lowest BCUT2D eigenvalue weighted by atomic mass is 10.2. The summed E-state index contributed by atoms with van der Waals surface area (Å²) in [6, 6.07) is 3.51. The van der Waals surface area contributed by atoms with E-state index >= 15 is 0 Å². The van der Waals surface area contributed by atoms with Crippen molar-refractivity contribution < 1.29 is 8.78 Å². The van der Waals surface area contributed by atoms with E-state index in [2.05, 4.69) is 27.7 Å². The number of thiazole rings is 1. The smallest absolute Gasteiger partial charge is 0.151 e. The van der Waals surface area contributed by atoms with Gasteiger partial charge in [0, 0.05) is 35.8 Å². The van der Waals surface area contributed by atoms with Gasteiger partial charge in [-0.3, -0.25) is 0 Å². The molecule has 2 heterocycles. The van der Waals surface area contributed by atoms with Crippen LogP contribution in [0.2, 0.25) is 0 Å². The summed E-state index contributed by atoms with van der Waals surface area (Å²) in [5.74, 6) is -1.22. The van der Waals surface area contributed by atoms with Crippen LogP contribution in [0, 0.1) is 25.5 Å². The number of nitrogens with one attached hydrogen (secondary N) is 1. The van der Waals surface area contributed by atoms with Crippen LogP contribution in [0.25, 0.3) is 5.69 Å². The van der Waals surface area contributed by atoms with Gasteiger partial charge in [-0.2, -0.15) is 5.10 Å². The molecule has 0 aliphatic heterocycles. The second kappa shape index (κ2) is 7.41. The number of hydrogen-bond acceptors (Lipinski definition) is 4. The van der Waals surface area contributed by atoms with E-state index in [4.69, 9.17) is 0 Å². The average Bonchev–Trinajstić information content (AvgIpc) is 3.14. The van der Waals surface area contributed by atoms with Crippen molar-refractivity contribution in [3.05, 3.63) is 62.9 Å². The molecule has 3 aromatic rings. The molecule has 0 saturated carbocycles. The number of hydrogen-bond donors (Lipinski definition) is 1. The van der Waals surface area contributed by atoms with Gasteiger partial charge in [0.1, 0.15) is 11.5 Å². The van der Waals surface area contributed by atoms with E-state index < -0.39 is 11.6 Å². The van der Waals surface area contributed by atoms with Crippen LogP contribution in [0.1, 0.15) is 34.6 Å². The van der Waals surface area contributed by atoms with E-state index in [1.165, 1.54) is 16.8 Å². The lowest BCUT2D eigenvalue weighted by Crippen LogP contribution is -2.14. The number of aryl methyl sites for hydroxylation is 2. The molecule has 7 heteroatoms. The summed E-state index contributed by atoms with van der Waals surface area (Å²) in [5, 5.41) is 11.0. The largest absolute Gasteiger partial charge is 0.307 e. The SMILES string of the molecule is CCc1nc(CNCc2c(C)nn(-c3ccc(F)cc3F)c2C)cs1. The van der Waals surface area contributed by atoms with Gasteiger partial charge in [-0.15, -0.1) is 11.3 Å². The van der Waals surface area contributed by atoms with Crippen LogP contribution in [0.4, 0.5) is 8.78 Å². The summed E-state index contributed by atoms with van der Waals surface area (Å²) in [4.78, 5) is 4.53. The summed E-state index contributed by atoms with van der Waals surface area (Å²) in [6.07, 6.45) is 0.943. The predicted octanol–water partition coefficient (Wildman–Crippen LogP) is 4.08. The molecule has 4 nitrogen and oxygen atoms in total. The molecule has 25 heavy (non-hydrogen) atoms. The van der Waals surface area contributed by atoms with Crippen LogP contribution < -0.4 is 5.32 Å². The minimum atomic E-state index is -0.625. The third kappa shape index (κ3) is 3.77. The Bertz CT molecular complexity index is 885. The van der Waals surface area contributed by atoms with Gasteiger partial charge in [-0.05, 0) is 32.4 Å². The van der Waals surface area contributed by atoms with E-state index in [1.54, 1.807) is 11.3 Å². The highest BCUT2D eigenvalue weighted by molar-refractivity contribution is 7.09. The molecule has 0 aliphatic rings. The second-order valence-corrected chi connectivity index (χ2v) is 6.79. The van der Waals surface area contributed by atoms with Crippen molar-refractivity contribution in [1.82, 2.24) is 20.1 Å². The fraction of sp³-hybridized carbons (Fsp3) is 0.333. The lowest BCUT2D eigenvalue weighted by Gasteiger charge is -2.07. The molecule has 0 bridgehead atoms. The molecule has 1 N–H and O–H groups in total. The molecular formula is C18H20F2N4S. The first-order valence-electron chi connectivity index (χ1n) is 8.14. The molecule has 132 valence electrons. The Balaban J connectivity index is 1.75. The Morgan fingerprint density at radius 2 is 2.00 bits per heavy atom. The molecule has 0 saturated heterocycles. The fourth-order valence-corrected chi connectivity index (χ4v) is 3.47. The fourth-order valence-electron chi connectivity index (χ4n) is 2.73. The third-order valence-corrected chi connectivity index (χ3v) is 5.13. The van der Waals surface area contributed by atoms with E-state index in [-0.39, 0.29) is 5.69 Å². The highest BCUT2D eigenvalue weighted by Crippen LogP contribution is 2.21. The number of aromatic nitrogens is 3. The van der Waals surface area contributed by atoms with Gasteiger partial charge in [-0.1, -0.05) is 6.92 Å². The molecule has 0 amide bonds. The van der Waals surface area contributed by atoms with Gasteiger partial charge >= 0.3 is 0 Å². The van der Waals surface area contributed by atoms with Crippen LogP contribution in [0.15, 0.2) is 23.6 Å². The molecule has 0 aliphatic carbocycles. The Morgan fingerprint density at radius 1 is 1.20 bits per heavy atom. The zero-order chi connectivity index (χ0) is 18.0. The predicted molar refractivity (Wildman–Crippen MR) is 95.0 cm³/mol. The van der Waals surface area contributed by atoms with Gasteiger partial charge in [0.15, 0.2) is 5.82 Å². The second-order valence-electron chi connectivity index (χ2n) is 5.85. The van der Waals surface area contributed by atoms with Crippen molar-refractivity contribution in [1.29, 1.82) is 0 Å². The van der Waals surface area contributed by atoms with Gasteiger partial charge < -0.3 is 5.32 Å². The third-order valence-electron chi connectivity index (χ3n) is 4.09.